The molecule has 0 aromatic heterocycles. The minimum Gasteiger partial charge on any atom is -0.468 e. The zero-order chi connectivity index (χ0) is 13.4. The molecule has 2 aliphatic carbocycles. The molecule has 3 rings (SSSR count). The summed E-state index contributed by atoms with van der Waals surface area (Å²) in [5, 5.41) is 0. The average Bonchev–Trinajstić information content (AvgIpc) is 2.46. The van der Waals surface area contributed by atoms with Crippen LogP contribution >= 0.6 is 0 Å². The fourth-order valence-electron chi connectivity index (χ4n) is 3.40. The van der Waals surface area contributed by atoms with E-state index in [0.29, 0.717) is 6.42 Å². The molecule has 1 aromatic carbocycles. The maximum Gasteiger partial charge on any atom is 0.316 e. The molecule has 19 heavy (non-hydrogen) atoms. The number of carbonyl (C=O) groups excluding carboxylic acids is 2. The van der Waals surface area contributed by atoms with Gasteiger partial charge in [-0.25, -0.2) is 0 Å². The largest absolute Gasteiger partial charge is 0.468 e. The minimum atomic E-state index is -0.598. The number of hydrogen-bond donors (Lipinski definition) is 0. The number of methoxy groups -OCH3 is 1. The average molecular weight is 258 g/mol. The number of fused-ring (bicyclic) bond motifs is 3. The Bertz CT molecular complexity index is 545. The highest BCUT2D eigenvalue weighted by atomic mass is 16.5. The van der Waals surface area contributed by atoms with Crippen molar-refractivity contribution in [3.63, 3.8) is 0 Å². The van der Waals surface area contributed by atoms with Crippen LogP contribution in [0.2, 0.25) is 0 Å². The molecule has 0 saturated carbocycles. The fourth-order valence-corrected chi connectivity index (χ4v) is 3.40. The zero-order valence-electron chi connectivity index (χ0n) is 11.2. The van der Waals surface area contributed by atoms with Crippen molar-refractivity contribution >= 4 is 11.8 Å². The zero-order valence-corrected chi connectivity index (χ0v) is 11.2. The maximum absolute atomic E-state index is 12.4. The van der Waals surface area contributed by atoms with Gasteiger partial charge in [0.25, 0.3) is 0 Å². The van der Waals surface area contributed by atoms with Gasteiger partial charge in [-0.1, -0.05) is 12.1 Å². The number of hydrogen-bond acceptors (Lipinski definition) is 3. The Hall–Kier alpha value is -1.64. The Labute approximate surface area is 113 Å². The van der Waals surface area contributed by atoms with E-state index in [1.165, 1.54) is 36.6 Å². The van der Waals surface area contributed by atoms with Crippen LogP contribution in [-0.4, -0.2) is 18.9 Å². The van der Waals surface area contributed by atoms with E-state index in [-0.39, 0.29) is 5.78 Å². The highest BCUT2D eigenvalue weighted by molar-refractivity contribution is 6.10. The summed E-state index contributed by atoms with van der Waals surface area (Å²) < 4.78 is 4.73. The molecule has 1 atom stereocenters. The number of rotatable bonds is 1. The van der Waals surface area contributed by atoms with Gasteiger partial charge in [0.15, 0.2) is 5.78 Å². The molecule has 1 aromatic rings. The Balaban J connectivity index is 2.02. The lowest BCUT2D eigenvalue weighted by atomic mass is 9.76. The molecule has 1 unspecified atom stereocenters. The van der Waals surface area contributed by atoms with Crippen molar-refractivity contribution in [1.29, 1.82) is 0 Å². The summed E-state index contributed by atoms with van der Waals surface area (Å²) in [4.78, 5) is 24.0. The van der Waals surface area contributed by atoms with E-state index in [4.69, 9.17) is 4.74 Å². The highest BCUT2D eigenvalue weighted by Gasteiger charge is 2.35. The first-order valence-corrected chi connectivity index (χ1v) is 6.98. The molecule has 2 aliphatic rings. The Kier molecular flexibility index (Phi) is 3.13. The van der Waals surface area contributed by atoms with Gasteiger partial charge in [0.2, 0.25) is 0 Å². The first-order chi connectivity index (χ1) is 9.22. The van der Waals surface area contributed by atoms with E-state index in [2.05, 4.69) is 6.07 Å². The number of Topliss-reactive ketones (excluding diaryl/α,β-unsaturated/α-hetero) is 1. The van der Waals surface area contributed by atoms with Crippen LogP contribution in [0.4, 0.5) is 0 Å². The first-order valence-electron chi connectivity index (χ1n) is 6.98. The summed E-state index contributed by atoms with van der Waals surface area (Å²) in [7, 11) is 1.35. The van der Waals surface area contributed by atoms with Crippen LogP contribution in [0.25, 0.3) is 0 Å². The predicted octanol–water partition coefficient (Wildman–Crippen LogP) is 2.48. The number of benzene rings is 1. The second-order valence-electron chi connectivity index (χ2n) is 5.42. The molecular weight excluding hydrogens is 240 g/mol. The number of aryl methyl sites for hydroxylation is 1. The number of esters is 1. The maximum atomic E-state index is 12.4. The van der Waals surface area contributed by atoms with Gasteiger partial charge in [-0.2, -0.15) is 0 Å². The summed E-state index contributed by atoms with van der Waals surface area (Å²) in [6.45, 7) is 0. The van der Waals surface area contributed by atoms with Gasteiger partial charge in [-0.05, 0) is 55.2 Å². The smallest absolute Gasteiger partial charge is 0.316 e. The van der Waals surface area contributed by atoms with Gasteiger partial charge in [0.05, 0.1) is 7.11 Å². The molecule has 3 nitrogen and oxygen atoms in total. The summed E-state index contributed by atoms with van der Waals surface area (Å²) in [6, 6.07) is 3.99. The first kappa shape index (κ1) is 12.4. The molecule has 0 spiro atoms. The lowest BCUT2D eigenvalue weighted by Crippen LogP contribution is -2.31. The van der Waals surface area contributed by atoms with Crippen molar-refractivity contribution < 1.29 is 14.3 Å². The van der Waals surface area contributed by atoms with Crippen molar-refractivity contribution in [1.82, 2.24) is 0 Å². The van der Waals surface area contributed by atoms with Gasteiger partial charge < -0.3 is 4.74 Å². The Morgan fingerprint density at radius 2 is 1.95 bits per heavy atom. The standard InChI is InChI=1S/C16H18O3/c1-19-16(18)14-9-8-12-11-5-3-2-4-10(11)6-7-13(12)15(14)17/h6-7,14H,2-5,8-9H2,1H3. The molecule has 0 radical (unpaired) electrons. The number of carbonyl (C=O) groups is 2. The van der Waals surface area contributed by atoms with E-state index >= 15 is 0 Å². The molecule has 0 amide bonds. The van der Waals surface area contributed by atoms with Crippen LogP contribution in [0.1, 0.15) is 46.3 Å². The molecule has 0 N–H and O–H groups in total. The highest BCUT2D eigenvalue weighted by Crippen LogP contribution is 2.33. The molecule has 3 heteroatoms. The van der Waals surface area contributed by atoms with Gasteiger partial charge in [-0.3, -0.25) is 9.59 Å². The lowest BCUT2D eigenvalue weighted by Gasteiger charge is -2.27. The topological polar surface area (TPSA) is 43.4 Å². The quantitative estimate of drug-likeness (QED) is 0.574. The van der Waals surface area contributed by atoms with Crippen molar-refractivity contribution in [2.75, 3.05) is 7.11 Å². The van der Waals surface area contributed by atoms with Crippen LogP contribution in [0.15, 0.2) is 12.1 Å². The summed E-state index contributed by atoms with van der Waals surface area (Å²) in [5.74, 6) is -1.05. The van der Waals surface area contributed by atoms with Gasteiger partial charge in [0.1, 0.15) is 5.92 Å². The van der Waals surface area contributed by atoms with Crippen molar-refractivity contribution in [3.8, 4) is 0 Å². The SMILES string of the molecule is COC(=O)C1CCc2c(ccc3c2CCCC3)C1=O. The van der Waals surface area contributed by atoms with E-state index < -0.39 is 11.9 Å². The minimum absolute atomic E-state index is 0.0542. The third-order valence-electron chi connectivity index (χ3n) is 4.40. The summed E-state index contributed by atoms with van der Waals surface area (Å²) in [5.41, 5.74) is 4.72. The molecule has 0 aliphatic heterocycles. The number of ketones is 1. The lowest BCUT2D eigenvalue weighted by molar-refractivity contribution is -0.143. The van der Waals surface area contributed by atoms with Crippen LogP contribution < -0.4 is 0 Å². The van der Waals surface area contributed by atoms with Crippen LogP contribution in [-0.2, 0) is 28.8 Å². The second-order valence-corrected chi connectivity index (χ2v) is 5.42. The van der Waals surface area contributed by atoms with E-state index in [1.807, 2.05) is 6.07 Å². The summed E-state index contributed by atoms with van der Waals surface area (Å²) >= 11 is 0. The van der Waals surface area contributed by atoms with E-state index in [9.17, 15) is 9.59 Å². The third kappa shape index (κ3) is 1.97. The Morgan fingerprint density at radius 1 is 1.16 bits per heavy atom. The van der Waals surface area contributed by atoms with Gasteiger partial charge >= 0.3 is 5.97 Å². The van der Waals surface area contributed by atoms with Crippen molar-refractivity contribution in [2.45, 2.75) is 38.5 Å². The normalized spacial score (nSPS) is 21.5. The second kappa shape index (κ2) is 4.80. The molecule has 0 fully saturated rings. The monoisotopic (exact) mass is 258 g/mol. The Morgan fingerprint density at radius 3 is 2.74 bits per heavy atom. The van der Waals surface area contributed by atoms with Crippen molar-refractivity contribution in [3.05, 3.63) is 34.4 Å². The van der Waals surface area contributed by atoms with Crippen LogP contribution in [0, 0.1) is 5.92 Å². The van der Waals surface area contributed by atoms with E-state index in [1.54, 1.807) is 0 Å². The molecule has 0 bridgehead atoms. The molecule has 0 heterocycles. The molecular formula is C16H18O3. The van der Waals surface area contributed by atoms with Crippen LogP contribution in [0.5, 0.6) is 0 Å². The fraction of sp³-hybridized carbons (Fsp3) is 0.500. The van der Waals surface area contributed by atoms with Crippen LogP contribution in [0.3, 0.4) is 0 Å². The predicted molar refractivity (Wildman–Crippen MR) is 71.2 cm³/mol. The molecule has 0 saturated heterocycles. The third-order valence-corrected chi connectivity index (χ3v) is 4.40. The van der Waals surface area contributed by atoms with Crippen molar-refractivity contribution in [2.24, 2.45) is 5.92 Å². The van der Waals surface area contributed by atoms with Gasteiger partial charge in [-0.15, -0.1) is 0 Å². The number of ether oxygens (including phenoxy) is 1. The summed E-state index contributed by atoms with van der Waals surface area (Å²) in [6.07, 6.45) is 6.06. The molecule has 100 valence electrons. The van der Waals surface area contributed by atoms with Gasteiger partial charge in [0, 0.05) is 5.56 Å². The van der Waals surface area contributed by atoms with E-state index in [0.717, 1.165) is 24.8 Å².